The van der Waals surface area contributed by atoms with Crippen LogP contribution in [-0.4, -0.2) is 36.8 Å². The summed E-state index contributed by atoms with van der Waals surface area (Å²) in [7, 11) is 0. The first kappa shape index (κ1) is 16.5. The minimum atomic E-state index is -0.538. The van der Waals surface area contributed by atoms with Gasteiger partial charge in [-0.25, -0.2) is 0 Å². The maximum Gasteiger partial charge on any atom is 0.221 e. The molecule has 0 aliphatic carbocycles. The lowest BCUT2D eigenvalue weighted by Gasteiger charge is -2.14. The molecule has 1 aromatic carbocycles. The van der Waals surface area contributed by atoms with Crippen LogP contribution in [-0.2, 0) is 4.79 Å². The normalized spacial score (nSPS) is 12.2. The van der Waals surface area contributed by atoms with Gasteiger partial charge in [0, 0.05) is 19.2 Å². The molecule has 112 valence electrons. The molecule has 1 unspecified atom stereocenters. The first-order valence-corrected chi connectivity index (χ1v) is 6.86. The highest BCUT2D eigenvalue weighted by Gasteiger charge is 2.05. The lowest BCUT2D eigenvalue weighted by atomic mass is 10.2. The Morgan fingerprint density at radius 3 is 2.45 bits per heavy atom. The fourth-order valence-corrected chi connectivity index (χ4v) is 1.63. The van der Waals surface area contributed by atoms with Crippen LogP contribution in [0.1, 0.15) is 20.8 Å². The Hall–Kier alpha value is -1.59. The molecule has 20 heavy (non-hydrogen) atoms. The van der Waals surface area contributed by atoms with E-state index in [1.807, 2.05) is 0 Å². The van der Waals surface area contributed by atoms with E-state index in [2.05, 4.69) is 24.5 Å². The van der Waals surface area contributed by atoms with Gasteiger partial charge in [-0.2, -0.15) is 0 Å². The molecule has 0 heterocycles. The minimum absolute atomic E-state index is 0.106. The van der Waals surface area contributed by atoms with Gasteiger partial charge in [0.05, 0.1) is 0 Å². The van der Waals surface area contributed by atoms with Gasteiger partial charge in [-0.3, -0.25) is 4.79 Å². The van der Waals surface area contributed by atoms with Gasteiger partial charge in [0.25, 0.3) is 0 Å². The van der Waals surface area contributed by atoms with E-state index < -0.39 is 6.10 Å². The standard InChI is InChI=1S/C15H24N2O3/c1-11(2)8-16-9-14(19)10-20-15-6-4-13(5-7-15)17-12(3)18/h4-7,11,14,16,19H,8-10H2,1-3H3,(H,17,18). The highest BCUT2D eigenvalue weighted by atomic mass is 16.5. The Morgan fingerprint density at radius 1 is 1.25 bits per heavy atom. The van der Waals surface area contributed by atoms with Gasteiger partial charge in [0.1, 0.15) is 18.5 Å². The second-order valence-electron chi connectivity index (χ2n) is 5.22. The summed E-state index contributed by atoms with van der Waals surface area (Å²) in [6, 6.07) is 7.05. The maximum absolute atomic E-state index is 10.9. The predicted molar refractivity (Wildman–Crippen MR) is 80.0 cm³/mol. The number of ether oxygens (including phenoxy) is 1. The quantitative estimate of drug-likeness (QED) is 0.677. The molecule has 0 fully saturated rings. The van der Waals surface area contributed by atoms with E-state index in [1.54, 1.807) is 24.3 Å². The second kappa shape index (κ2) is 8.55. The molecule has 1 aromatic rings. The number of nitrogens with one attached hydrogen (secondary N) is 2. The van der Waals surface area contributed by atoms with E-state index in [0.29, 0.717) is 18.2 Å². The molecule has 5 heteroatoms. The van der Waals surface area contributed by atoms with Gasteiger partial charge in [-0.15, -0.1) is 0 Å². The Labute approximate surface area is 120 Å². The number of carbonyl (C=O) groups excluding carboxylic acids is 1. The number of amides is 1. The molecule has 0 aromatic heterocycles. The molecular formula is C15H24N2O3. The van der Waals surface area contributed by atoms with E-state index in [1.165, 1.54) is 6.92 Å². The SMILES string of the molecule is CC(=O)Nc1ccc(OCC(O)CNCC(C)C)cc1. The van der Waals surface area contributed by atoms with Gasteiger partial charge in [-0.05, 0) is 36.7 Å². The van der Waals surface area contributed by atoms with Crippen LogP contribution in [0, 0.1) is 5.92 Å². The molecule has 1 atom stereocenters. The monoisotopic (exact) mass is 280 g/mol. The van der Waals surface area contributed by atoms with Gasteiger partial charge in [0.2, 0.25) is 5.91 Å². The van der Waals surface area contributed by atoms with E-state index >= 15 is 0 Å². The Bertz CT molecular complexity index is 404. The Balaban J connectivity index is 2.28. The van der Waals surface area contributed by atoms with Crippen LogP contribution >= 0.6 is 0 Å². The van der Waals surface area contributed by atoms with Crippen LogP contribution < -0.4 is 15.4 Å². The lowest BCUT2D eigenvalue weighted by molar-refractivity contribution is -0.114. The molecule has 3 N–H and O–H groups in total. The zero-order valence-electron chi connectivity index (χ0n) is 12.3. The molecule has 1 amide bonds. The van der Waals surface area contributed by atoms with Crippen molar-refractivity contribution in [1.29, 1.82) is 0 Å². The topological polar surface area (TPSA) is 70.6 Å². The highest BCUT2D eigenvalue weighted by Crippen LogP contribution is 2.15. The van der Waals surface area contributed by atoms with Crippen molar-refractivity contribution in [1.82, 2.24) is 5.32 Å². The van der Waals surface area contributed by atoms with Gasteiger partial charge < -0.3 is 20.5 Å². The van der Waals surface area contributed by atoms with Crippen LogP contribution in [0.3, 0.4) is 0 Å². The summed E-state index contributed by atoms with van der Waals surface area (Å²) < 4.78 is 5.48. The van der Waals surface area contributed by atoms with Gasteiger partial charge in [-0.1, -0.05) is 13.8 Å². The van der Waals surface area contributed by atoms with Crippen molar-refractivity contribution >= 4 is 11.6 Å². The Kier molecular flexibility index (Phi) is 7.04. The van der Waals surface area contributed by atoms with Crippen molar-refractivity contribution in [3.8, 4) is 5.75 Å². The third kappa shape index (κ3) is 7.11. The number of aliphatic hydroxyl groups excluding tert-OH is 1. The van der Waals surface area contributed by atoms with Gasteiger partial charge >= 0.3 is 0 Å². The average Bonchev–Trinajstić information content (AvgIpc) is 2.37. The molecule has 0 radical (unpaired) electrons. The first-order valence-electron chi connectivity index (χ1n) is 6.86. The second-order valence-corrected chi connectivity index (χ2v) is 5.22. The molecule has 0 aliphatic rings. The van der Waals surface area contributed by atoms with Crippen molar-refractivity contribution in [2.24, 2.45) is 5.92 Å². The molecule has 0 saturated heterocycles. The van der Waals surface area contributed by atoms with E-state index in [0.717, 1.165) is 12.2 Å². The molecule has 0 aliphatic heterocycles. The summed E-state index contributed by atoms with van der Waals surface area (Å²) in [5, 5.41) is 15.6. The van der Waals surface area contributed by atoms with Crippen molar-refractivity contribution < 1.29 is 14.6 Å². The van der Waals surface area contributed by atoms with Crippen molar-refractivity contribution in [2.75, 3.05) is 25.0 Å². The predicted octanol–water partition coefficient (Wildman–Crippen LogP) is 1.63. The van der Waals surface area contributed by atoms with Crippen molar-refractivity contribution in [2.45, 2.75) is 26.9 Å². The fourth-order valence-electron chi connectivity index (χ4n) is 1.63. The molecule has 5 nitrogen and oxygen atoms in total. The van der Waals surface area contributed by atoms with E-state index in [-0.39, 0.29) is 12.5 Å². The molecule has 0 bridgehead atoms. The summed E-state index contributed by atoms with van der Waals surface area (Å²) in [5.74, 6) is 1.12. The van der Waals surface area contributed by atoms with Crippen molar-refractivity contribution in [3.63, 3.8) is 0 Å². The third-order valence-corrected chi connectivity index (χ3v) is 2.55. The largest absolute Gasteiger partial charge is 0.491 e. The van der Waals surface area contributed by atoms with Gasteiger partial charge in [0.15, 0.2) is 0 Å². The average molecular weight is 280 g/mol. The number of anilines is 1. The lowest BCUT2D eigenvalue weighted by Crippen LogP contribution is -2.33. The summed E-state index contributed by atoms with van der Waals surface area (Å²) in [6.07, 6.45) is -0.538. The Morgan fingerprint density at radius 2 is 1.90 bits per heavy atom. The summed E-state index contributed by atoms with van der Waals surface area (Å²) in [5.41, 5.74) is 0.726. The molecule has 0 spiro atoms. The smallest absolute Gasteiger partial charge is 0.221 e. The molecule has 0 saturated carbocycles. The summed E-state index contributed by atoms with van der Waals surface area (Å²) in [6.45, 7) is 7.33. The van der Waals surface area contributed by atoms with Crippen molar-refractivity contribution in [3.05, 3.63) is 24.3 Å². The van der Waals surface area contributed by atoms with Crippen LogP contribution in [0.15, 0.2) is 24.3 Å². The van der Waals surface area contributed by atoms with Crippen LogP contribution in [0.4, 0.5) is 5.69 Å². The van der Waals surface area contributed by atoms with Crippen LogP contribution in [0.5, 0.6) is 5.75 Å². The van der Waals surface area contributed by atoms with Crippen LogP contribution in [0.25, 0.3) is 0 Å². The fraction of sp³-hybridized carbons (Fsp3) is 0.533. The number of rotatable bonds is 8. The number of carbonyl (C=O) groups is 1. The maximum atomic E-state index is 10.9. The highest BCUT2D eigenvalue weighted by molar-refractivity contribution is 5.88. The number of benzene rings is 1. The minimum Gasteiger partial charge on any atom is -0.491 e. The van der Waals surface area contributed by atoms with Crippen LogP contribution in [0.2, 0.25) is 0 Å². The first-order chi connectivity index (χ1) is 9.47. The molecule has 1 rings (SSSR count). The van der Waals surface area contributed by atoms with E-state index in [9.17, 15) is 9.90 Å². The zero-order chi connectivity index (χ0) is 15.0. The third-order valence-electron chi connectivity index (χ3n) is 2.55. The zero-order valence-corrected chi connectivity index (χ0v) is 12.3. The number of hydrogen-bond donors (Lipinski definition) is 3. The summed E-state index contributed by atoms with van der Waals surface area (Å²) >= 11 is 0. The van der Waals surface area contributed by atoms with E-state index in [4.69, 9.17) is 4.74 Å². The number of aliphatic hydroxyl groups is 1. The summed E-state index contributed by atoms with van der Waals surface area (Å²) in [4.78, 5) is 10.9. The number of hydrogen-bond acceptors (Lipinski definition) is 4. The molecular weight excluding hydrogens is 256 g/mol.